The molecule has 0 unspecified atom stereocenters. The fourth-order valence-electron chi connectivity index (χ4n) is 2.74. The highest BCUT2D eigenvalue weighted by atomic mass is 16.5. The molecule has 2 aromatic heterocycles. The van der Waals surface area contributed by atoms with Crippen molar-refractivity contribution in [2.75, 3.05) is 12.4 Å². The van der Waals surface area contributed by atoms with E-state index >= 15 is 0 Å². The molecule has 0 atom stereocenters. The van der Waals surface area contributed by atoms with E-state index in [0.717, 1.165) is 16.4 Å². The minimum absolute atomic E-state index is 0.300. The van der Waals surface area contributed by atoms with Gasteiger partial charge in [-0.2, -0.15) is 0 Å². The number of methoxy groups -OCH3 is 1. The lowest BCUT2D eigenvalue weighted by molar-refractivity contribution is 0.251. The number of benzene rings is 2. The predicted octanol–water partition coefficient (Wildman–Crippen LogP) is 3.64. The highest BCUT2D eigenvalue weighted by Crippen LogP contribution is 2.36. The van der Waals surface area contributed by atoms with Gasteiger partial charge in [0.05, 0.1) is 19.3 Å². The molecular formula is C18H16N4O3. The molecule has 2 aromatic carbocycles. The summed E-state index contributed by atoms with van der Waals surface area (Å²) >= 11 is 0. The van der Waals surface area contributed by atoms with Crippen molar-refractivity contribution in [2.45, 2.75) is 6.54 Å². The number of imidazole rings is 1. The maximum absolute atomic E-state index is 12.1. The molecule has 4 aromatic rings. The number of carbonyl (C=O) groups is 1. The number of H-pyrrole nitrogens is 1. The van der Waals surface area contributed by atoms with Gasteiger partial charge in [-0.05, 0) is 12.1 Å². The molecule has 4 rings (SSSR count). The van der Waals surface area contributed by atoms with Gasteiger partial charge in [0.2, 0.25) is 0 Å². The van der Waals surface area contributed by atoms with Crippen molar-refractivity contribution < 1.29 is 13.9 Å². The van der Waals surface area contributed by atoms with Gasteiger partial charge in [-0.1, -0.05) is 18.2 Å². The Kier molecular flexibility index (Phi) is 3.74. The fourth-order valence-corrected chi connectivity index (χ4v) is 2.74. The van der Waals surface area contributed by atoms with Gasteiger partial charge in [-0.15, -0.1) is 0 Å². The van der Waals surface area contributed by atoms with E-state index in [1.54, 1.807) is 25.6 Å². The first-order valence-corrected chi connectivity index (χ1v) is 7.77. The van der Waals surface area contributed by atoms with E-state index in [1.807, 2.05) is 30.3 Å². The summed E-state index contributed by atoms with van der Waals surface area (Å²) in [4.78, 5) is 19.1. The zero-order chi connectivity index (χ0) is 17.2. The first kappa shape index (κ1) is 15.1. The maximum atomic E-state index is 12.1. The van der Waals surface area contributed by atoms with Crippen LogP contribution in [-0.2, 0) is 6.54 Å². The number of aromatic amines is 1. The van der Waals surface area contributed by atoms with Crippen molar-refractivity contribution in [3.8, 4) is 5.75 Å². The maximum Gasteiger partial charge on any atom is 0.319 e. The first-order chi connectivity index (χ1) is 12.2. The first-order valence-electron chi connectivity index (χ1n) is 7.77. The molecule has 7 heteroatoms. The summed E-state index contributed by atoms with van der Waals surface area (Å²) < 4.78 is 11.3. The SMILES string of the molecule is COc1cc2c(cc1NC(=O)NCc1ncc[nH]1)oc1ccccc12. The Morgan fingerprint density at radius 2 is 2.12 bits per heavy atom. The molecule has 0 saturated carbocycles. The van der Waals surface area contributed by atoms with Gasteiger partial charge in [-0.25, -0.2) is 9.78 Å². The lowest BCUT2D eigenvalue weighted by atomic mass is 10.1. The molecule has 2 amide bonds. The second-order valence-corrected chi connectivity index (χ2v) is 5.49. The zero-order valence-corrected chi connectivity index (χ0v) is 13.5. The summed E-state index contributed by atoms with van der Waals surface area (Å²) in [5, 5.41) is 7.46. The standard InChI is InChI=1S/C18H16N4O3/c1-24-16-8-12-11-4-2-3-5-14(11)25-15(12)9-13(16)22-18(23)21-10-17-19-6-7-20-17/h2-9H,10H2,1H3,(H,19,20)(H2,21,22,23). The Hall–Kier alpha value is -3.48. The number of carbonyl (C=O) groups excluding carboxylic acids is 1. The second-order valence-electron chi connectivity index (χ2n) is 5.49. The van der Waals surface area contributed by atoms with E-state index in [9.17, 15) is 4.79 Å². The van der Waals surface area contributed by atoms with E-state index in [2.05, 4.69) is 20.6 Å². The van der Waals surface area contributed by atoms with Crippen LogP contribution in [0.1, 0.15) is 5.82 Å². The Bertz CT molecular complexity index is 1040. The molecule has 7 nitrogen and oxygen atoms in total. The number of urea groups is 1. The number of furan rings is 1. The molecule has 126 valence electrons. The van der Waals surface area contributed by atoms with Gasteiger partial charge in [0, 0.05) is 29.2 Å². The van der Waals surface area contributed by atoms with Gasteiger partial charge >= 0.3 is 6.03 Å². The Labute approximate surface area is 143 Å². The number of aromatic nitrogens is 2. The summed E-state index contributed by atoms with van der Waals surface area (Å²) in [7, 11) is 1.56. The molecule has 0 radical (unpaired) electrons. The topological polar surface area (TPSA) is 92.2 Å². The van der Waals surface area contributed by atoms with Crippen LogP contribution in [-0.4, -0.2) is 23.1 Å². The van der Waals surface area contributed by atoms with Gasteiger partial charge in [0.25, 0.3) is 0 Å². The molecule has 25 heavy (non-hydrogen) atoms. The van der Waals surface area contributed by atoms with Crippen LogP contribution in [0.25, 0.3) is 21.9 Å². The third-order valence-corrected chi connectivity index (χ3v) is 3.92. The van der Waals surface area contributed by atoms with Crippen LogP contribution in [0.2, 0.25) is 0 Å². The van der Waals surface area contributed by atoms with E-state index in [0.29, 0.717) is 29.4 Å². The summed E-state index contributed by atoms with van der Waals surface area (Å²) in [5.74, 6) is 1.24. The van der Waals surface area contributed by atoms with E-state index in [-0.39, 0.29) is 6.03 Å². The molecule has 0 aliphatic rings. The molecule has 0 spiro atoms. The van der Waals surface area contributed by atoms with E-state index in [1.165, 1.54) is 0 Å². The second kappa shape index (κ2) is 6.20. The summed E-state index contributed by atoms with van der Waals surface area (Å²) in [6, 6.07) is 11.0. The van der Waals surface area contributed by atoms with Crippen molar-refractivity contribution in [3.63, 3.8) is 0 Å². The third kappa shape index (κ3) is 2.87. The Morgan fingerprint density at radius 3 is 2.92 bits per heavy atom. The van der Waals surface area contributed by atoms with Crippen molar-refractivity contribution in [1.82, 2.24) is 15.3 Å². The third-order valence-electron chi connectivity index (χ3n) is 3.92. The number of amides is 2. The normalized spacial score (nSPS) is 10.9. The van der Waals surface area contributed by atoms with E-state index in [4.69, 9.17) is 9.15 Å². The number of rotatable bonds is 4. The van der Waals surface area contributed by atoms with Crippen LogP contribution in [0, 0.1) is 0 Å². The highest BCUT2D eigenvalue weighted by Gasteiger charge is 2.14. The van der Waals surface area contributed by atoms with Crippen molar-refractivity contribution in [1.29, 1.82) is 0 Å². The van der Waals surface area contributed by atoms with Gasteiger partial charge in [0.1, 0.15) is 22.7 Å². The smallest absolute Gasteiger partial charge is 0.319 e. The molecule has 0 aliphatic carbocycles. The molecule has 0 fully saturated rings. The zero-order valence-electron chi connectivity index (χ0n) is 13.5. The van der Waals surface area contributed by atoms with Gasteiger partial charge < -0.3 is 24.8 Å². The van der Waals surface area contributed by atoms with Crippen molar-refractivity contribution >= 4 is 33.7 Å². The van der Waals surface area contributed by atoms with Crippen molar-refractivity contribution in [3.05, 3.63) is 54.6 Å². The Balaban J connectivity index is 1.61. The summed E-state index contributed by atoms with van der Waals surface area (Å²) in [6.45, 7) is 0.300. The van der Waals surface area contributed by atoms with Gasteiger partial charge in [-0.3, -0.25) is 0 Å². The van der Waals surface area contributed by atoms with Crippen LogP contribution in [0.5, 0.6) is 5.75 Å². The number of hydrogen-bond donors (Lipinski definition) is 3. The van der Waals surface area contributed by atoms with Crippen LogP contribution >= 0.6 is 0 Å². The molecule has 0 bridgehead atoms. The molecular weight excluding hydrogens is 320 g/mol. The number of fused-ring (bicyclic) bond motifs is 3. The van der Waals surface area contributed by atoms with Gasteiger partial charge in [0.15, 0.2) is 0 Å². The molecule has 0 aliphatic heterocycles. The lowest BCUT2D eigenvalue weighted by Gasteiger charge is -2.11. The largest absolute Gasteiger partial charge is 0.495 e. The summed E-state index contributed by atoms with van der Waals surface area (Å²) in [6.07, 6.45) is 3.33. The number of nitrogens with one attached hydrogen (secondary N) is 3. The minimum atomic E-state index is -0.356. The van der Waals surface area contributed by atoms with Crippen molar-refractivity contribution in [2.24, 2.45) is 0 Å². The highest BCUT2D eigenvalue weighted by molar-refractivity contribution is 6.07. The van der Waals surface area contributed by atoms with Crippen LogP contribution < -0.4 is 15.4 Å². The average molecular weight is 336 g/mol. The predicted molar refractivity (Wildman–Crippen MR) is 94.7 cm³/mol. The van der Waals surface area contributed by atoms with Crippen LogP contribution in [0.3, 0.4) is 0 Å². The fraction of sp³-hybridized carbons (Fsp3) is 0.111. The lowest BCUT2D eigenvalue weighted by Crippen LogP contribution is -2.28. The van der Waals surface area contributed by atoms with Crippen LogP contribution in [0.15, 0.2) is 53.2 Å². The average Bonchev–Trinajstić information content (AvgIpc) is 3.26. The summed E-state index contributed by atoms with van der Waals surface area (Å²) in [5.41, 5.74) is 2.01. The van der Waals surface area contributed by atoms with Crippen LogP contribution in [0.4, 0.5) is 10.5 Å². The number of anilines is 1. The quantitative estimate of drug-likeness (QED) is 0.530. The Morgan fingerprint density at radius 1 is 1.24 bits per heavy atom. The monoisotopic (exact) mass is 336 g/mol. The minimum Gasteiger partial charge on any atom is -0.495 e. The number of ether oxygens (including phenoxy) is 1. The number of hydrogen-bond acceptors (Lipinski definition) is 4. The molecule has 2 heterocycles. The van der Waals surface area contributed by atoms with E-state index < -0.39 is 0 Å². The molecule has 3 N–H and O–H groups in total. The molecule has 0 saturated heterocycles. The number of nitrogens with zero attached hydrogens (tertiary/aromatic N) is 1. The number of para-hydroxylation sites is 1.